The Balaban J connectivity index is 1.48. The number of oxime groups is 1. The lowest BCUT2D eigenvalue weighted by atomic mass is 9.97. The summed E-state index contributed by atoms with van der Waals surface area (Å²) in [5.41, 5.74) is 4.17. The van der Waals surface area contributed by atoms with Gasteiger partial charge < -0.3 is 10.2 Å². The first kappa shape index (κ1) is 19.9. The van der Waals surface area contributed by atoms with Gasteiger partial charge in [-0.3, -0.25) is 4.79 Å². The highest BCUT2D eigenvalue weighted by Gasteiger charge is 2.26. The van der Waals surface area contributed by atoms with Gasteiger partial charge in [0.25, 0.3) is 5.91 Å². The zero-order valence-electron chi connectivity index (χ0n) is 15.0. The smallest absolute Gasteiger partial charge is 0.251 e. The maximum atomic E-state index is 12.4. The second-order valence-corrected chi connectivity index (χ2v) is 9.14. The van der Waals surface area contributed by atoms with Gasteiger partial charge in [0.15, 0.2) is 6.10 Å². The molecule has 1 N–H and O–H groups in total. The van der Waals surface area contributed by atoms with Gasteiger partial charge in [-0.05, 0) is 47.9 Å². The van der Waals surface area contributed by atoms with Crippen molar-refractivity contribution in [1.82, 2.24) is 5.32 Å². The molecule has 2 aliphatic rings. The van der Waals surface area contributed by atoms with E-state index in [1.807, 2.05) is 36.9 Å². The molecule has 28 heavy (non-hydrogen) atoms. The molecule has 4 rings (SSSR count). The summed E-state index contributed by atoms with van der Waals surface area (Å²) in [6.07, 6.45) is 0.306. The van der Waals surface area contributed by atoms with E-state index in [1.54, 1.807) is 12.1 Å². The van der Waals surface area contributed by atoms with E-state index in [2.05, 4.69) is 10.5 Å². The topological polar surface area (TPSA) is 50.7 Å². The lowest BCUT2D eigenvalue weighted by Gasteiger charge is -2.26. The van der Waals surface area contributed by atoms with E-state index >= 15 is 0 Å². The summed E-state index contributed by atoms with van der Waals surface area (Å²) in [5.74, 6) is 1.94. The number of hydrogen-bond donors (Lipinski definition) is 1. The van der Waals surface area contributed by atoms with Gasteiger partial charge in [-0.1, -0.05) is 46.0 Å². The van der Waals surface area contributed by atoms with Crippen LogP contribution in [0.15, 0.2) is 35.5 Å². The predicted molar refractivity (Wildman–Crippen MR) is 116 cm³/mol. The van der Waals surface area contributed by atoms with Gasteiger partial charge in [-0.25, -0.2) is 0 Å². The molecule has 8 heteroatoms. The fourth-order valence-electron chi connectivity index (χ4n) is 3.17. The fraction of sp³-hybridized carbons (Fsp3) is 0.300. The van der Waals surface area contributed by atoms with Crippen molar-refractivity contribution >= 4 is 58.2 Å². The van der Waals surface area contributed by atoms with Gasteiger partial charge in [0.1, 0.15) is 0 Å². The van der Waals surface area contributed by atoms with Crippen LogP contribution in [0.1, 0.15) is 39.6 Å². The van der Waals surface area contributed by atoms with Crippen LogP contribution in [0.25, 0.3) is 0 Å². The zero-order valence-corrected chi connectivity index (χ0v) is 18.1. The first-order valence-electron chi connectivity index (χ1n) is 8.79. The van der Waals surface area contributed by atoms with Crippen molar-refractivity contribution in [3.05, 3.63) is 67.7 Å². The standard InChI is InChI=1S/C20H17Cl3N2O2S/c1-10-4-11(2-3-14(10)20(26)24-13-8-28-9-13)17-7-18(27-25-17)12-5-15(21)19(23)16(22)6-12/h2-6,13,18H,7-9H2,1H3,(H,24,26). The average molecular weight is 456 g/mol. The molecule has 146 valence electrons. The molecular formula is C20H17Cl3N2O2S. The summed E-state index contributed by atoms with van der Waals surface area (Å²) >= 11 is 20.1. The lowest BCUT2D eigenvalue weighted by molar-refractivity contribution is 0.0857. The normalized spacial score (nSPS) is 19.0. The van der Waals surface area contributed by atoms with Crippen LogP contribution in [0.5, 0.6) is 0 Å². The maximum absolute atomic E-state index is 12.4. The Bertz CT molecular complexity index is 953. The molecule has 1 fully saturated rings. The second-order valence-electron chi connectivity index (χ2n) is 6.87. The lowest BCUT2D eigenvalue weighted by Crippen LogP contribution is -2.44. The highest BCUT2D eigenvalue weighted by molar-refractivity contribution is 8.00. The summed E-state index contributed by atoms with van der Waals surface area (Å²) < 4.78 is 0. The first-order chi connectivity index (χ1) is 13.4. The van der Waals surface area contributed by atoms with E-state index in [0.29, 0.717) is 27.1 Å². The number of thioether (sulfide) groups is 1. The van der Waals surface area contributed by atoms with Crippen molar-refractivity contribution in [3.63, 3.8) is 0 Å². The van der Waals surface area contributed by atoms with E-state index in [9.17, 15) is 4.79 Å². The molecule has 1 saturated heterocycles. The van der Waals surface area contributed by atoms with E-state index in [4.69, 9.17) is 39.6 Å². The molecule has 1 unspecified atom stereocenters. The Labute approximate surface area is 182 Å². The summed E-state index contributed by atoms with van der Waals surface area (Å²) in [6.45, 7) is 1.93. The Morgan fingerprint density at radius 2 is 1.89 bits per heavy atom. The molecule has 2 aliphatic heterocycles. The van der Waals surface area contributed by atoms with Crippen molar-refractivity contribution in [1.29, 1.82) is 0 Å². The van der Waals surface area contributed by atoms with Gasteiger partial charge in [0.2, 0.25) is 0 Å². The molecular weight excluding hydrogens is 439 g/mol. The van der Waals surface area contributed by atoms with Gasteiger partial charge in [-0.15, -0.1) is 0 Å². The average Bonchev–Trinajstić information content (AvgIpc) is 3.12. The highest BCUT2D eigenvalue weighted by atomic mass is 35.5. The van der Waals surface area contributed by atoms with Crippen LogP contribution < -0.4 is 5.32 Å². The SMILES string of the molecule is Cc1cc(C2=NOC(c3cc(Cl)c(Cl)c(Cl)c3)C2)ccc1C(=O)NC1CSC1. The van der Waals surface area contributed by atoms with Crippen LogP contribution in [-0.2, 0) is 4.84 Å². The molecule has 1 atom stereocenters. The van der Waals surface area contributed by atoms with Crippen LogP contribution in [0.2, 0.25) is 15.1 Å². The van der Waals surface area contributed by atoms with E-state index in [-0.39, 0.29) is 18.1 Å². The minimum Gasteiger partial charge on any atom is -0.387 e. The third-order valence-corrected chi connectivity index (χ3v) is 7.30. The summed E-state index contributed by atoms with van der Waals surface area (Å²) in [7, 11) is 0. The van der Waals surface area contributed by atoms with E-state index < -0.39 is 0 Å². The van der Waals surface area contributed by atoms with Crippen LogP contribution in [0.4, 0.5) is 0 Å². The van der Waals surface area contributed by atoms with Crippen LogP contribution >= 0.6 is 46.6 Å². The Hall–Kier alpha value is -1.40. The molecule has 1 amide bonds. The zero-order chi connectivity index (χ0) is 19.8. The maximum Gasteiger partial charge on any atom is 0.251 e. The quantitative estimate of drug-likeness (QED) is 0.605. The molecule has 0 aromatic heterocycles. The highest BCUT2D eigenvalue weighted by Crippen LogP contribution is 2.37. The van der Waals surface area contributed by atoms with E-state index in [1.165, 1.54) is 0 Å². The Morgan fingerprint density at radius 1 is 1.18 bits per heavy atom. The Morgan fingerprint density at radius 3 is 2.50 bits per heavy atom. The number of amides is 1. The van der Waals surface area contributed by atoms with Crippen LogP contribution in [0, 0.1) is 6.92 Å². The first-order valence-corrected chi connectivity index (χ1v) is 11.1. The van der Waals surface area contributed by atoms with Crippen molar-refractivity contribution in [2.45, 2.75) is 25.5 Å². The summed E-state index contributed by atoms with van der Waals surface area (Å²) in [5, 5.41) is 8.38. The van der Waals surface area contributed by atoms with Gasteiger partial charge >= 0.3 is 0 Å². The molecule has 2 aromatic carbocycles. The Kier molecular flexibility index (Phi) is 5.79. The molecule has 2 aromatic rings. The summed E-state index contributed by atoms with van der Waals surface area (Å²) in [6, 6.07) is 9.49. The number of benzene rings is 2. The molecule has 0 radical (unpaired) electrons. The number of hydrogen-bond acceptors (Lipinski definition) is 4. The van der Waals surface area contributed by atoms with Crippen molar-refractivity contribution in [2.24, 2.45) is 5.16 Å². The third kappa shape index (κ3) is 3.99. The van der Waals surface area contributed by atoms with E-state index in [0.717, 1.165) is 33.9 Å². The molecule has 2 heterocycles. The number of rotatable bonds is 4. The minimum absolute atomic E-state index is 0.0257. The molecule has 4 nitrogen and oxygen atoms in total. The van der Waals surface area contributed by atoms with Gasteiger partial charge in [0, 0.05) is 29.5 Å². The monoisotopic (exact) mass is 454 g/mol. The van der Waals surface area contributed by atoms with Gasteiger partial charge in [-0.2, -0.15) is 11.8 Å². The largest absolute Gasteiger partial charge is 0.387 e. The number of nitrogens with zero attached hydrogens (tertiary/aromatic N) is 1. The number of nitrogens with one attached hydrogen (secondary N) is 1. The van der Waals surface area contributed by atoms with Crippen molar-refractivity contribution in [3.8, 4) is 0 Å². The second kappa shape index (κ2) is 8.15. The predicted octanol–water partition coefficient (Wildman–Crippen LogP) is 5.67. The van der Waals surface area contributed by atoms with Crippen LogP contribution in [-0.4, -0.2) is 29.2 Å². The molecule has 0 bridgehead atoms. The number of carbonyl (C=O) groups is 1. The fourth-order valence-corrected chi connectivity index (χ4v) is 4.42. The van der Waals surface area contributed by atoms with Crippen LogP contribution in [0.3, 0.4) is 0 Å². The van der Waals surface area contributed by atoms with Crippen molar-refractivity contribution < 1.29 is 9.63 Å². The molecule has 0 aliphatic carbocycles. The minimum atomic E-state index is -0.276. The number of aryl methyl sites for hydroxylation is 1. The van der Waals surface area contributed by atoms with Crippen molar-refractivity contribution in [2.75, 3.05) is 11.5 Å². The van der Waals surface area contributed by atoms with Gasteiger partial charge in [0.05, 0.1) is 20.8 Å². The summed E-state index contributed by atoms with van der Waals surface area (Å²) in [4.78, 5) is 18.0. The molecule has 0 saturated carbocycles. The third-order valence-electron chi connectivity index (χ3n) is 4.82. The number of halogens is 3. The number of carbonyl (C=O) groups excluding carboxylic acids is 1. The molecule has 0 spiro atoms.